The van der Waals surface area contributed by atoms with Crippen LogP contribution in [-0.2, 0) is 22.3 Å². The molecule has 0 saturated heterocycles. The molecule has 4 N–H and O–H groups in total. The van der Waals surface area contributed by atoms with Gasteiger partial charge in [-0.25, -0.2) is 9.97 Å². The Hall–Kier alpha value is -2.48. The predicted octanol–water partition coefficient (Wildman–Crippen LogP) is 1.79. The number of carbonyl (C=O) groups excluding carboxylic acids is 1. The number of anilines is 2. The van der Waals surface area contributed by atoms with Crippen LogP contribution in [-0.4, -0.2) is 38.4 Å². The van der Waals surface area contributed by atoms with Crippen molar-refractivity contribution >= 4 is 25.1 Å². The van der Waals surface area contributed by atoms with Crippen molar-refractivity contribution in [3.05, 3.63) is 41.2 Å². The first-order valence-electron chi connectivity index (χ1n) is 8.92. The lowest BCUT2D eigenvalue weighted by Gasteiger charge is -2.17. The number of hydrogen-bond donors (Lipinski definition) is 3. The van der Waals surface area contributed by atoms with E-state index in [1.54, 1.807) is 24.0 Å². The van der Waals surface area contributed by atoms with E-state index in [2.05, 4.69) is 9.97 Å². The molecule has 10 heteroatoms. The summed E-state index contributed by atoms with van der Waals surface area (Å²) in [5.74, 6) is 2.04. The van der Waals surface area contributed by atoms with Crippen molar-refractivity contribution in [3.8, 4) is 5.75 Å². The Bertz CT molecular complexity index is 913. The average Bonchev–Trinajstić information content (AvgIpc) is 2.91. The molecule has 0 spiro atoms. The maximum atomic E-state index is 12.4. The normalized spacial score (nSPS) is 13.7. The van der Waals surface area contributed by atoms with E-state index in [9.17, 15) is 9.36 Å². The summed E-state index contributed by atoms with van der Waals surface area (Å²) >= 11 is 0. The minimum absolute atomic E-state index is 0.0630. The highest BCUT2D eigenvalue weighted by Crippen LogP contribution is 2.35. The van der Waals surface area contributed by atoms with Gasteiger partial charge in [0.2, 0.25) is 5.91 Å². The Kier molecular flexibility index (Phi) is 5.98. The lowest BCUT2D eigenvalue weighted by Crippen LogP contribution is -2.26. The van der Waals surface area contributed by atoms with E-state index in [1.165, 1.54) is 0 Å². The van der Waals surface area contributed by atoms with Crippen LogP contribution >= 0.6 is 7.60 Å². The average molecular weight is 406 g/mol. The first-order valence-corrected chi connectivity index (χ1v) is 10.7. The molecule has 2 aromatic rings. The molecule has 0 saturated carbocycles. The lowest BCUT2D eigenvalue weighted by atomic mass is 10.2. The third kappa shape index (κ3) is 5.07. The van der Waals surface area contributed by atoms with Crippen molar-refractivity contribution in [1.29, 1.82) is 0 Å². The molecule has 1 aliphatic heterocycles. The Morgan fingerprint density at radius 3 is 2.61 bits per heavy atom. The van der Waals surface area contributed by atoms with Crippen molar-refractivity contribution in [2.24, 2.45) is 0 Å². The second-order valence-electron chi connectivity index (χ2n) is 6.70. The van der Waals surface area contributed by atoms with Crippen molar-refractivity contribution in [2.75, 3.05) is 23.4 Å². The molecular weight excluding hydrogens is 383 g/mol. The van der Waals surface area contributed by atoms with Gasteiger partial charge in [0.15, 0.2) is 0 Å². The van der Waals surface area contributed by atoms with Gasteiger partial charge in [-0.3, -0.25) is 14.3 Å². The molecule has 0 unspecified atom stereocenters. The Balaban J connectivity index is 1.57. The SMILES string of the molecule is Cc1nc(N)c2c(n1)N(Cc1ccc(OCCCCP(=O)(O)O)cc1)C(=O)C2. The first kappa shape index (κ1) is 20.3. The number of unbranched alkanes of at least 4 members (excludes halogenated alkanes) is 1. The first-order chi connectivity index (χ1) is 13.2. The van der Waals surface area contributed by atoms with Crippen LogP contribution in [0.2, 0.25) is 0 Å². The number of ether oxygens (including phenoxy) is 1. The quantitative estimate of drug-likeness (QED) is 0.445. The summed E-state index contributed by atoms with van der Waals surface area (Å²) in [4.78, 5) is 40.1. The molecule has 150 valence electrons. The van der Waals surface area contributed by atoms with E-state index in [0.29, 0.717) is 54.8 Å². The fraction of sp³-hybridized carbons (Fsp3) is 0.389. The van der Waals surface area contributed by atoms with Gasteiger partial charge in [0, 0.05) is 11.7 Å². The predicted molar refractivity (Wildman–Crippen MR) is 104 cm³/mol. The van der Waals surface area contributed by atoms with Gasteiger partial charge in [-0.05, 0) is 37.5 Å². The topological polar surface area (TPSA) is 139 Å². The smallest absolute Gasteiger partial charge is 0.325 e. The van der Waals surface area contributed by atoms with Gasteiger partial charge in [-0.2, -0.15) is 0 Å². The van der Waals surface area contributed by atoms with E-state index in [-0.39, 0.29) is 18.5 Å². The maximum absolute atomic E-state index is 12.4. The van der Waals surface area contributed by atoms with Gasteiger partial charge in [-0.1, -0.05) is 12.1 Å². The van der Waals surface area contributed by atoms with Crippen LogP contribution < -0.4 is 15.4 Å². The Morgan fingerprint density at radius 2 is 1.93 bits per heavy atom. The molecule has 0 aliphatic carbocycles. The van der Waals surface area contributed by atoms with Gasteiger partial charge in [0.25, 0.3) is 0 Å². The zero-order valence-corrected chi connectivity index (χ0v) is 16.4. The molecule has 0 bridgehead atoms. The number of nitrogens with zero attached hydrogens (tertiary/aromatic N) is 3. The fourth-order valence-electron chi connectivity index (χ4n) is 3.01. The van der Waals surface area contributed by atoms with Crippen LogP contribution in [0.25, 0.3) is 0 Å². The zero-order chi connectivity index (χ0) is 20.3. The number of aromatic nitrogens is 2. The molecule has 3 rings (SSSR count). The van der Waals surface area contributed by atoms with Crippen LogP contribution in [0.1, 0.15) is 29.8 Å². The molecule has 2 heterocycles. The van der Waals surface area contributed by atoms with Crippen LogP contribution in [0, 0.1) is 6.92 Å². The highest BCUT2D eigenvalue weighted by molar-refractivity contribution is 7.51. The molecule has 0 atom stereocenters. The monoisotopic (exact) mass is 406 g/mol. The number of rotatable bonds is 8. The highest BCUT2D eigenvalue weighted by Gasteiger charge is 2.31. The van der Waals surface area contributed by atoms with Gasteiger partial charge in [0.1, 0.15) is 23.2 Å². The Labute approximate surface area is 162 Å². The van der Waals surface area contributed by atoms with Crippen LogP contribution in [0.5, 0.6) is 5.75 Å². The molecule has 0 fully saturated rings. The van der Waals surface area contributed by atoms with Gasteiger partial charge >= 0.3 is 7.60 Å². The molecule has 28 heavy (non-hydrogen) atoms. The number of fused-ring (bicyclic) bond motifs is 1. The van der Waals surface area contributed by atoms with Gasteiger partial charge in [-0.15, -0.1) is 0 Å². The number of aryl methyl sites for hydroxylation is 1. The lowest BCUT2D eigenvalue weighted by molar-refractivity contribution is -0.117. The van der Waals surface area contributed by atoms with Crippen LogP contribution in [0.3, 0.4) is 0 Å². The van der Waals surface area contributed by atoms with Gasteiger partial charge < -0.3 is 20.3 Å². The Morgan fingerprint density at radius 1 is 1.21 bits per heavy atom. The molecule has 9 nitrogen and oxygen atoms in total. The van der Waals surface area contributed by atoms with Gasteiger partial charge in [0.05, 0.1) is 19.6 Å². The summed E-state index contributed by atoms with van der Waals surface area (Å²) in [5, 5.41) is 0. The number of amides is 1. The summed E-state index contributed by atoms with van der Waals surface area (Å²) in [6, 6.07) is 7.35. The third-order valence-electron chi connectivity index (χ3n) is 4.39. The second kappa shape index (κ2) is 8.26. The van der Waals surface area contributed by atoms with E-state index in [4.69, 9.17) is 20.3 Å². The number of benzene rings is 1. The molecule has 1 aliphatic rings. The molecule has 1 amide bonds. The molecular formula is C18H23N4O5P. The number of nitrogen functional groups attached to an aromatic ring is 1. The van der Waals surface area contributed by atoms with Crippen LogP contribution in [0.4, 0.5) is 11.6 Å². The van der Waals surface area contributed by atoms with E-state index < -0.39 is 7.60 Å². The highest BCUT2D eigenvalue weighted by atomic mass is 31.2. The standard InChI is InChI=1S/C18H23N4O5P/c1-12-20-17(19)15-10-16(23)22(18(15)21-12)11-13-4-6-14(7-5-13)27-8-2-3-9-28(24,25)26/h4-7H,2-3,8-11H2,1H3,(H2,19,20,21)(H2,24,25,26). The fourth-order valence-corrected chi connectivity index (χ4v) is 3.64. The number of hydrogen-bond acceptors (Lipinski definition) is 6. The summed E-state index contributed by atoms with van der Waals surface area (Å²) < 4.78 is 16.4. The van der Waals surface area contributed by atoms with Crippen molar-refractivity contribution in [2.45, 2.75) is 32.7 Å². The summed E-state index contributed by atoms with van der Waals surface area (Å²) in [5.41, 5.74) is 7.51. The van der Waals surface area contributed by atoms with Crippen molar-refractivity contribution in [3.63, 3.8) is 0 Å². The molecule has 1 aromatic carbocycles. The van der Waals surface area contributed by atoms with E-state index >= 15 is 0 Å². The third-order valence-corrected chi connectivity index (χ3v) is 5.29. The second-order valence-corrected chi connectivity index (χ2v) is 8.48. The minimum Gasteiger partial charge on any atom is -0.494 e. The number of carbonyl (C=O) groups is 1. The summed E-state index contributed by atoms with van der Waals surface area (Å²) in [6.07, 6.45) is 1.04. The van der Waals surface area contributed by atoms with Crippen LogP contribution in [0.15, 0.2) is 24.3 Å². The van der Waals surface area contributed by atoms with Crippen molar-refractivity contribution in [1.82, 2.24) is 9.97 Å². The largest absolute Gasteiger partial charge is 0.494 e. The minimum atomic E-state index is -3.94. The zero-order valence-electron chi connectivity index (χ0n) is 15.5. The van der Waals surface area contributed by atoms with E-state index in [1.807, 2.05) is 12.1 Å². The molecule has 1 aromatic heterocycles. The van der Waals surface area contributed by atoms with Crippen molar-refractivity contribution < 1.29 is 23.9 Å². The maximum Gasteiger partial charge on any atom is 0.325 e. The number of nitrogens with two attached hydrogens (primary N) is 1. The van der Waals surface area contributed by atoms with E-state index in [0.717, 1.165) is 5.56 Å². The summed E-state index contributed by atoms with van der Waals surface area (Å²) in [6.45, 7) is 2.50. The molecule has 0 radical (unpaired) electrons. The summed E-state index contributed by atoms with van der Waals surface area (Å²) in [7, 11) is -3.94.